The minimum absolute atomic E-state index is 0.376. The lowest BCUT2D eigenvalue weighted by Crippen LogP contribution is -2.23. The lowest BCUT2D eigenvalue weighted by molar-refractivity contribution is 0.00678. The van der Waals surface area contributed by atoms with Crippen LogP contribution in [0.4, 0.5) is 0 Å². The molecule has 1 aromatic carbocycles. The summed E-state index contributed by atoms with van der Waals surface area (Å²) in [6.45, 7) is 9.48. The Morgan fingerprint density at radius 2 is 1.93 bits per heavy atom. The minimum Gasteiger partial charge on any atom is -0.460 e. The van der Waals surface area contributed by atoms with E-state index >= 15 is 0 Å². The van der Waals surface area contributed by atoms with Crippen LogP contribution < -0.4 is 0 Å². The predicted molar refractivity (Wildman–Crippen MR) is 109 cm³/mol. The lowest BCUT2D eigenvalue weighted by atomic mass is 10.1. The second kappa shape index (κ2) is 9.28. The molecule has 0 aliphatic rings. The quantitative estimate of drug-likeness (QED) is 0.362. The normalized spacial score (nSPS) is 11.7. The van der Waals surface area contributed by atoms with Crippen molar-refractivity contribution >= 4 is 11.5 Å². The second-order valence-electron chi connectivity index (χ2n) is 7.46. The van der Waals surface area contributed by atoms with E-state index in [2.05, 4.69) is 24.8 Å². The SMILES string of the molecule is CCCC/C=C(/C#Cc1ccccc1)c1cc(C(=O)OC(C)(C)C)c(C)o1. The van der Waals surface area contributed by atoms with Crippen LogP contribution in [0.15, 0.2) is 46.9 Å². The summed E-state index contributed by atoms with van der Waals surface area (Å²) in [6.07, 6.45) is 5.18. The van der Waals surface area contributed by atoms with E-state index < -0.39 is 5.60 Å². The molecule has 27 heavy (non-hydrogen) atoms. The van der Waals surface area contributed by atoms with Crippen LogP contribution in [-0.2, 0) is 4.74 Å². The third-order valence-electron chi connectivity index (χ3n) is 3.82. The molecule has 142 valence electrons. The molecule has 2 aromatic rings. The Bertz CT molecular complexity index is 853. The molecule has 0 spiro atoms. The summed E-state index contributed by atoms with van der Waals surface area (Å²) in [5.74, 6) is 7.15. The van der Waals surface area contributed by atoms with E-state index in [1.807, 2.05) is 51.1 Å². The van der Waals surface area contributed by atoms with E-state index in [4.69, 9.17) is 9.15 Å². The highest BCUT2D eigenvalue weighted by molar-refractivity contribution is 5.92. The average molecular weight is 364 g/mol. The maximum Gasteiger partial charge on any atom is 0.342 e. The Labute approximate surface area is 162 Å². The molecule has 2 rings (SSSR count). The standard InChI is InChI=1S/C24H28O3/c1-6-7-9-14-20(16-15-19-12-10-8-11-13-19)22-17-21(18(2)26-22)23(25)27-24(3,4)5/h8,10-14,17H,6-7,9H2,1-5H3/b20-14-. The summed E-state index contributed by atoms with van der Waals surface area (Å²) in [5.41, 5.74) is 1.64. The Morgan fingerprint density at radius 1 is 1.22 bits per heavy atom. The average Bonchev–Trinajstić information content (AvgIpc) is 2.99. The molecule has 0 radical (unpaired) electrons. The first kappa shape index (κ1) is 20.6. The molecule has 3 heteroatoms. The van der Waals surface area contributed by atoms with Gasteiger partial charge in [-0.15, -0.1) is 0 Å². The van der Waals surface area contributed by atoms with Crippen molar-refractivity contribution in [1.29, 1.82) is 0 Å². The summed E-state index contributed by atoms with van der Waals surface area (Å²) in [4.78, 5) is 12.4. The highest BCUT2D eigenvalue weighted by Gasteiger charge is 2.22. The molecular formula is C24H28O3. The summed E-state index contributed by atoms with van der Waals surface area (Å²) >= 11 is 0. The predicted octanol–water partition coefficient (Wildman–Crippen LogP) is 6.17. The highest BCUT2D eigenvalue weighted by atomic mass is 16.6. The topological polar surface area (TPSA) is 39.4 Å². The highest BCUT2D eigenvalue weighted by Crippen LogP contribution is 2.24. The molecule has 0 amide bonds. The molecule has 1 aromatic heterocycles. The monoisotopic (exact) mass is 364 g/mol. The molecule has 0 aliphatic heterocycles. The van der Waals surface area contributed by atoms with Gasteiger partial charge in [-0.2, -0.15) is 0 Å². The maximum absolute atomic E-state index is 12.4. The fourth-order valence-electron chi connectivity index (χ4n) is 2.48. The van der Waals surface area contributed by atoms with Crippen molar-refractivity contribution in [1.82, 2.24) is 0 Å². The molecule has 0 aliphatic carbocycles. The first-order valence-corrected chi connectivity index (χ1v) is 9.41. The minimum atomic E-state index is -0.548. The van der Waals surface area contributed by atoms with Crippen molar-refractivity contribution < 1.29 is 13.9 Å². The van der Waals surface area contributed by atoms with Crippen LogP contribution in [0, 0.1) is 18.8 Å². The van der Waals surface area contributed by atoms with Crippen LogP contribution in [0.3, 0.4) is 0 Å². The first-order valence-electron chi connectivity index (χ1n) is 9.41. The molecule has 0 unspecified atom stereocenters. The number of hydrogen-bond acceptors (Lipinski definition) is 3. The van der Waals surface area contributed by atoms with Gasteiger partial charge in [-0.05, 0) is 52.3 Å². The zero-order valence-electron chi connectivity index (χ0n) is 16.9. The van der Waals surface area contributed by atoms with Crippen molar-refractivity contribution in [3.63, 3.8) is 0 Å². The van der Waals surface area contributed by atoms with Gasteiger partial charge in [0.05, 0.1) is 5.57 Å². The van der Waals surface area contributed by atoms with E-state index in [9.17, 15) is 4.79 Å². The van der Waals surface area contributed by atoms with Gasteiger partial charge in [-0.1, -0.05) is 55.9 Å². The number of benzene rings is 1. The van der Waals surface area contributed by atoms with Crippen LogP contribution in [0.2, 0.25) is 0 Å². The van der Waals surface area contributed by atoms with Crippen molar-refractivity contribution in [3.05, 3.63) is 65.1 Å². The van der Waals surface area contributed by atoms with Gasteiger partial charge in [0.25, 0.3) is 0 Å². The van der Waals surface area contributed by atoms with Crippen molar-refractivity contribution in [2.24, 2.45) is 0 Å². The van der Waals surface area contributed by atoms with E-state index in [1.54, 1.807) is 13.0 Å². The van der Waals surface area contributed by atoms with Crippen molar-refractivity contribution in [3.8, 4) is 11.8 Å². The van der Waals surface area contributed by atoms with Gasteiger partial charge in [-0.25, -0.2) is 4.79 Å². The number of unbranched alkanes of at least 4 members (excludes halogenated alkanes) is 2. The Hall–Kier alpha value is -2.73. The van der Waals surface area contributed by atoms with Crippen molar-refractivity contribution in [2.45, 2.75) is 59.5 Å². The van der Waals surface area contributed by atoms with Crippen molar-refractivity contribution in [2.75, 3.05) is 0 Å². The smallest absolute Gasteiger partial charge is 0.342 e. The first-order chi connectivity index (χ1) is 12.8. The largest absolute Gasteiger partial charge is 0.460 e. The van der Waals surface area contributed by atoms with Gasteiger partial charge in [0.15, 0.2) is 0 Å². The Morgan fingerprint density at radius 3 is 2.56 bits per heavy atom. The molecule has 0 N–H and O–H groups in total. The molecule has 0 saturated heterocycles. The number of hydrogen-bond donors (Lipinski definition) is 0. The van der Waals surface area contributed by atoms with Gasteiger partial charge in [0.1, 0.15) is 22.7 Å². The molecular weight excluding hydrogens is 336 g/mol. The van der Waals surface area contributed by atoms with E-state index in [0.717, 1.165) is 30.4 Å². The Kier molecular flexibility index (Phi) is 7.07. The molecule has 1 heterocycles. The van der Waals surface area contributed by atoms with Crippen LogP contribution in [-0.4, -0.2) is 11.6 Å². The van der Waals surface area contributed by atoms with Crippen LogP contribution in [0.1, 0.15) is 74.4 Å². The molecule has 0 saturated carbocycles. The second-order valence-corrected chi connectivity index (χ2v) is 7.46. The third kappa shape index (κ3) is 6.49. The van der Waals surface area contributed by atoms with E-state index in [-0.39, 0.29) is 5.97 Å². The lowest BCUT2D eigenvalue weighted by Gasteiger charge is -2.18. The number of aryl methyl sites for hydroxylation is 1. The van der Waals surface area contributed by atoms with E-state index in [1.165, 1.54) is 0 Å². The van der Waals surface area contributed by atoms with Gasteiger partial charge >= 0.3 is 5.97 Å². The van der Waals surface area contributed by atoms with Gasteiger partial charge in [-0.3, -0.25) is 0 Å². The summed E-state index contributed by atoms with van der Waals surface area (Å²) in [6, 6.07) is 11.6. The van der Waals surface area contributed by atoms with Gasteiger partial charge in [0, 0.05) is 5.56 Å². The Balaban J connectivity index is 2.34. The number of allylic oxidation sites excluding steroid dienone is 2. The third-order valence-corrected chi connectivity index (χ3v) is 3.82. The number of rotatable bonds is 5. The van der Waals surface area contributed by atoms with E-state index in [0.29, 0.717) is 17.1 Å². The fraction of sp³-hybridized carbons (Fsp3) is 0.375. The number of carbonyl (C=O) groups excluding carboxylic acids is 1. The van der Waals surface area contributed by atoms with Gasteiger partial charge < -0.3 is 9.15 Å². The number of furan rings is 1. The van der Waals surface area contributed by atoms with Crippen LogP contribution in [0.5, 0.6) is 0 Å². The van der Waals surface area contributed by atoms with Crippen LogP contribution >= 0.6 is 0 Å². The molecule has 3 nitrogen and oxygen atoms in total. The molecule has 0 bridgehead atoms. The summed E-state index contributed by atoms with van der Waals surface area (Å²) in [5, 5.41) is 0. The number of carbonyl (C=O) groups is 1. The summed E-state index contributed by atoms with van der Waals surface area (Å²) in [7, 11) is 0. The zero-order chi connectivity index (χ0) is 19.9. The van der Waals surface area contributed by atoms with Gasteiger partial charge in [0.2, 0.25) is 0 Å². The summed E-state index contributed by atoms with van der Waals surface area (Å²) < 4.78 is 11.3. The zero-order valence-corrected chi connectivity index (χ0v) is 16.9. The number of esters is 1. The number of ether oxygens (including phenoxy) is 1. The fourth-order valence-corrected chi connectivity index (χ4v) is 2.48. The molecule has 0 fully saturated rings. The van der Waals surface area contributed by atoms with Crippen LogP contribution in [0.25, 0.3) is 5.57 Å². The molecule has 0 atom stereocenters. The maximum atomic E-state index is 12.4.